The number of hydrogen-bond donors (Lipinski definition) is 2. The molecule has 1 aromatic carbocycles. The third-order valence-corrected chi connectivity index (χ3v) is 4.31. The summed E-state index contributed by atoms with van der Waals surface area (Å²) < 4.78 is 6.41. The molecule has 0 saturated heterocycles. The second-order valence-electron chi connectivity index (χ2n) is 5.47. The molecule has 1 aromatic rings. The van der Waals surface area contributed by atoms with Gasteiger partial charge in [0.15, 0.2) is 5.96 Å². The van der Waals surface area contributed by atoms with Crippen LogP contribution < -0.4 is 11.1 Å². The Morgan fingerprint density at radius 1 is 1.45 bits per heavy atom. The number of nitrogens with zero attached hydrogens (tertiary/aromatic N) is 1. The van der Waals surface area contributed by atoms with Crippen LogP contribution in [0.25, 0.3) is 0 Å². The molecular weight excluding hydrogens is 457 g/mol. The lowest BCUT2D eigenvalue weighted by Gasteiger charge is -2.14. The number of ether oxygens (including phenoxy) is 1. The molecule has 0 atom stereocenters. The van der Waals surface area contributed by atoms with E-state index < -0.39 is 0 Å². The third-order valence-electron chi connectivity index (χ3n) is 3.82. The molecule has 1 saturated carbocycles. The summed E-state index contributed by atoms with van der Waals surface area (Å²) in [7, 11) is 0. The number of nitrogens with two attached hydrogens (primary N) is 1. The first-order valence-corrected chi connectivity index (χ1v) is 8.33. The molecule has 2 rings (SSSR count). The van der Waals surface area contributed by atoms with Crippen molar-refractivity contribution in [1.82, 2.24) is 5.32 Å². The summed E-state index contributed by atoms with van der Waals surface area (Å²) in [6, 6.07) is 8.50. The van der Waals surface area contributed by atoms with E-state index in [1.165, 1.54) is 18.4 Å². The average Bonchev–Trinajstić information content (AvgIpc) is 3.26. The van der Waals surface area contributed by atoms with Gasteiger partial charge in [-0.05, 0) is 43.9 Å². The maximum atomic E-state index is 5.92. The van der Waals surface area contributed by atoms with Crippen LogP contribution in [-0.2, 0) is 10.2 Å². The number of guanidine groups is 1. The summed E-state index contributed by atoms with van der Waals surface area (Å²) in [6.07, 6.45) is 3.32. The minimum Gasteiger partial charge on any atom is -0.382 e. The summed E-state index contributed by atoms with van der Waals surface area (Å²) in [5.74, 6) is 0.535. The number of rotatable bonds is 8. The van der Waals surface area contributed by atoms with Gasteiger partial charge < -0.3 is 15.8 Å². The molecule has 0 bridgehead atoms. The first kappa shape index (κ1) is 19.7. The molecule has 0 aliphatic heterocycles. The van der Waals surface area contributed by atoms with E-state index in [2.05, 4.69) is 50.5 Å². The Kier molecular flexibility index (Phi) is 8.71. The van der Waals surface area contributed by atoms with Crippen LogP contribution >= 0.6 is 39.9 Å². The molecule has 4 nitrogen and oxygen atoms in total. The van der Waals surface area contributed by atoms with E-state index in [1.807, 2.05) is 6.92 Å². The van der Waals surface area contributed by atoms with Gasteiger partial charge in [0.25, 0.3) is 0 Å². The van der Waals surface area contributed by atoms with Crippen molar-refractivity contribution >= 4 is 45.9 Å². The molecule has 1 aliphatic carbocycles. The van der Waals surface area contributed by atoms with Gasteiger partial charge in [-0.3, -0.25) is 4.99 Å². The molecule has 0 unspecified atom stereocenters. The lowest BCUT2D eigenvalue weighted by molar-refractivity contribution is 0.145. The Morgan fingerprint density at radius 2 is 2.23 bits per heavy atom. The van der Waals surface area contributed by atoms with E-state index in [0.29, 0.717) is 5.96 Å². The quantitative estimate of drug-likeness (QED) is 0.259. The maximum absolute atomic E-state index is 5.92. The molecule has 0 aromatic heterocycles. The van der Waals surface area contributed by atoms with Gasteiger partial charge in [-0.2, -0.15) is 0 Å². The summed E-state index contributed by atoms with van der Waals surface area (Å²) >= 11 is 3.53. The fourth-order valence-electron chi connectivity index (χ4n) is 2.33. The second-order valence-corrected chi connectivity index (χ2v) is 6.39. The van der Waals surface area contributed by atoms with Crippen LogP contribution in [0.15, 0.2) is 33.7 Å². The number of nitrogens with one attached hydrogen (secondary N) is 1. The average molecular weight is 482 g/mol. The molecule has 0 radical (unpaired) electrons. The largest absolute Gasteiger partial charge is 0.382 e. The standard InChI is InChI=1S/C16H24BrN3O.HI/c1-2-21-10-4-9-19-15(18)20-12-16(7-8-16)13-5-3-6-14(17)11-13;/h3,5-6,11H,2,4,7-10,12H2,1H3,(H3,18,19,20);1H. The summed E-state index contributed by atoms with van der Waals surface area (Å²) in [4.78, 5) is 4.51. The van der Waals surface area contributed by atoms with Crippen LogP contribution in [0, 0.1) is 0 Å². The zero-order valence-corrected chi connectivity index (χ0v) is 16.9. The Balaban J connectivity index is 0.00000242. The lowest BCUT2D eigenvalue weighted by Crippen LogP contribution is -2.33. The number of aliphatic imine (C=N–C) groups is 1. The van der Waals surface area contributed by atoms with Gasteiger partial charge in [0.1, 0.15) is 0 Å². The predicted molar refractivity (Wildman–Crippen MR) is 106 cm³/mol. The fraction of sp³-hybridized carbons (Fsp3) is 0.562. The SMILES string of the molecule is CCOCCCNC(N)=NCC1(c2cccc(Br)c2)CC1.I. The van der Waals surface area contributed by atoms with Crippen LogP contribution in [0.5, 0.6) is 0 Å². The Labute approximate surface area is 158 Å². The highest BCUT2D eigenvalue weighted by Gasteiger charge is 2.44. The smallest absolute Gasteiger partial charge is 0.188 e. The van der Waals surface area contributed by atoms with Crippen molar-refractivity contribution in [2.75, 3.05) is 26.3 Å². The van der Waals surface area contributed by atoms with Gasteiger partial charge in [-0.1, -0.05) is 28.1 Å². The number of halogens is 2. The van der Waals surface area contributed by atoms with Crippen molar-refractivity contribution < 1.29 is 4.74 Å². The normalized spacial score (nSPS) is 16.0. The molecule has 0 amide bonds. The van der Waals surface area contributed by atoms with Crippen molar-refractivity contribution in [2.45, 2.75) is 31.6 Å². The van der Waals surface area contributed by atoms with E-state index in [-0.39, 0.29) is 29.4 Å². The Bertz CT molecular complexity index is 492. The molecule has 124 valence electrons. The highest BCUT2D eigenvalue weighted by molar-refractivity contribution is 14.0. The van der Waals surface area contributed by atoms with Crippen molar-refractivity contribution in [2.24, 2.45) is 10.7 Å². The fourth-order valence-corrected chi connectivity index (χ4v) is 2.73. The van der Waals surface area contributed by atoms with Gasteiger partial charge in [-0.25, -0.2) is 0 Å². The minimum absolute atomic E-state index is 0. The third kappa shape index (κ3) is 6.04. The van der Waals surface area contributed by atoms with Crippen LogP contribution in [0.1, 0.15) is 31.7 Å². The van der Waals surface area contributed by atoms with Crippen LogP contribution in [0.2, 0.25) is 0 Å². The lowest BCUT2D eigenvalue weighted by atomic mass is 9.96. The molecular formula is C16H25BrIN3O. The van der Waals surface area contributed by atoms with Gasteiger partial charge in [-0.15, -0.1) is 24.0 Å². The summed E-state index contributed by atoms with van der Waals surface area (Å²) in [5.41, 5.74) is 7.47. The van der Waals surface area contributed by atoms with E-state index >= 15 is 0 Å². The molecule has 0 spiro atoms. The molecule has 0 heterocycles. The van der Waals surface area contributed by atoms with Crippen molar-refractivity contribution in [3.8, 4) is 0 Å². The molecule has 3 N–H and O–H groups in total. The number of hydrogen-bond acceptors (Lipinski definition) is 2. The van der Waals surface area contributed by atoms with Gasteiger partial charge in [0.2, 0.25) is 0 Å². The van der Waals surface area contributed by atoms with Gasteiger partial charge >= 0.3 is 0 Å². The van der Waals surface area contributed by atoms with Crippen molar-refractivity contribution in [3.63, 3.8) is 0 Å². The summed E-state index contributed by atoms with van der Waals surface area (Å²) in [6.45, 7) is 5.09. The number of benzene rings is 1. The predicted octanol–water partition coefficient (Wildman–Crippen LogP) is 3.43. The van der Waals surface area contributed by atoms with Gasteiger partial charge in [0.05, 0.1) is 6.54 Å². The topological polar surface area (TPSA) is 59.6 Å². The Morgan fingerprint density at radius 3 is 2.86 bits per heavy atom. The summed E-state index contributed by atoms with van der Waals surface area (Å²) in [5, 5.41) is 3.14. The van der Waals surface area contributed by atoms with Crippen LogP contribution in [-0.4, -0.2) is 32.3 Å². The molecule has 1 aliphatic rings. The van der Waals surface area contributed by atoms with E-state index in [4.69, 9.17) is 10.5 Å². The second kappa shape index (κ2) is 9.72. The maximum Gasteiger partial charge on any atom is 0.188 e. The van der Waals surface area contributed by atoms with Gasteiger partial charge in [0, 0.05) is 29.6 Å². The van der Waals surface area contributed by atoms with E-state index in [9.17, 15) is 0 Å². The monoisotopic (exact) mass is 481 g/mol. The zero-order chi connectivity index (χ0) is 15.1. The van der Waals surface area contributed by atoms with Crippen LogP contribution in [0.3, 0.4) is 0 Å². The van der Waals surface area contributed by atoms with E-state index in [0.717, 1.165) is 37.2 Å². The molecule has 1 fully saturated rings. The van der Waals surface area contributed by atoms with Crippen molar-refractivity contribution in [3.05, 3.63) is 34.3 Å². The van der Waals surface area contributed by atoms with Crippen LogP contribution in [0.4, 0.5) is 0 Å². The first-order chi connectivity index (χ1) is 10.2. The van der Waals surface area contributed by atoms with E-state index in [1.54, 1.807) is 0 Å². The molecule has 6 heteroatoms. The highest BCUT2D eigenvalue weighted by atomic mass is 127. The zero-order valence-electron chi connectivity index (χ0n) is 13.0. The first-order valence-electron chi connectivity index (χ1n) is 7.54. The molecule has 22 heavy (non-hydrogen) atoms. The Hall–Kier alpha value is -0.340. The van der Waals surface area contributed by atoms with Crippen molar-refractivity contribution in [1.29, 1.82) is 0 Å². The highest BCUT2D eigenvalue weighted by Crippen LogP contribution is 2.48. The minimum atomic E-state index is 0.